The molecule has 1 fully saturated rings. The molecule has 0 spiro atoms. The van der Waals surface area contributed by atoms with E-state index in [-0.39, 0.29) is 41.7 Å². The number of hydrogen-bond donors (Lipinski definition) is 3. The van der Waals surface area contributed by atoms with Crippen molar-refractivity contribution in [2.24, 2.45) is 5.73 Å². The van der Waals surface area contributed by atoms with E-state index >= 15 is 0 Å². The van der Waals surface area contributed by atoms with E-state index in [2.05, 4.69) is 10.0 Å². The molecule has 0 aliphatic heterocycles. The molecule has 0 radical (unpaired) electrons. The lowest BCUT2D eigenvalue weighted by atomic mass is 9.97. The van der Waals surface area contributed by atoms with Crippen LogP contribution < -0.4 is 15.8 Å². The summed E-state index contributed by atoms with van der Waals surface area (Å²) in [7, 11) is -3.74. The van der Waals surface area contributed by atoms with Crippen molar-refractivity contribution in [3.05, 3.63) is 30.1 Å². The molecule has 9 heteroatoms. The van der Waals surface area contributed by atoms with Crippen molar-refractivity contribution in [2.45, 2.75) is 42.5 Å². The van der Waals surface area contributed by atoms with E-state index < -0.39 is 15.8 Å². The number of benzene rings is 1. The summed E-state index contributed by atoms with van der Waals surface area (Å²) in [4.78, 5) is 11.9. The minimum absolute atomic E-state index is 0. The molecule has 1 aromatic carbocycles. The Bertz CT molecular complexity index is 646. The third-order valence-electron chi connectivity index (χ3n) is 4.12. The number of halogens is 2. The average molecular weight is 380 g/mol. The first-order valence-corrected chi connectivity index (χ1v) is 9.12. The fourth-order valence-electron chi connectivity index (χ4n) is 2.79. The second-order valence-corrected chi connectivity index (χ2v) is 7.61. The van der Waals surface area contributed by atoms with Gasteiger partial charge in [0.25, 0.3) is 0 Å². The summed E-state index contributed by atoms with van der Waals surface area (Å²) < 4.78 is 39.2. The number of hydrogen-bond acceptors (Lipinski definition) is 4. The maximum absolute atomic E-state index is 12.8. The van der Waals surface area contributed by atoms with E-state index in [1.54, 1.807) is 0 Å². The first-order valence-electron chi connectivity index (χ1n) is 7.63. The second-order valence-electron chi connectivity index (χ2n) is 5.84. The van der Waals surface area contributed by atoms with E-state index in [1.165, 1.54) is 12.1 Å². The number of carbonyl (C=O) groups is 1. The summed E-state index contributed by atoms with van der Waals surface area (Å²) in [5, 5.41) is 2.93. The molecule has 2 rings (SSSR count). The lowest BCUT2D eigenvalue weighted by Crippen LogP contribution is -2.52. The quantitative estimate of drug-likeness (QED) is 0.664. The lowest BCUT2D eigenvalue weighted by Gasteiger charge is -2.28. The molecule has 24 heavy (non-hydrogen) atoms. The predicted molar refractivity (Wildman–Crippen MR) is 91.8 cm³/mol. The van der Waals surface area contributed by atoms with E-state index in [0.717, 1.165) is 37.8 Å². The van der Waals surface area contributed by atoms with Crippen LogP contribution in [0.4, 0.5) is 4.39 Å². The molecule has 0 aromatic heterocycles. The Kier molecular flexibility index (Phi) is 7.59. The Hall–Kier alpha value is -1.22. The third-order valence-corrected chi connectivity index (χ3v) is 5.60. The highest BCUT2D eigenvalue weighted by Gasteiger charge is 2.33. The largest absolute Gasteiger partial charge is 0.349 e. The topological polar surface area (TPSA) is 101 Å². The summed E-state index contributed by atoms with van der Waals surface area (Å²) in [6, 6.07) is 4.51. The van der Waals surface area contributed by atoms with Gasteiger partial charge in [0.15, 0.2) is 0 Å². The SMILES string of the molecule is Cl.NCC1(NC(=O)CCNS(=O)(=O)c2ccc(F)cc2)CCCC1. The van der Waals surface area contributed by atoms with Gasteiger partial charge in [-0.1, -0.05) is 12.8 Å². The molecule has 1 amide bonds. The van der Waals surface area contributed by atoms with Gasteiger partial charge >= 0.3 is 0 Å². The second kappa shape index (κ2) is 8.75. The predicted octanol–water partition coefficient (Wildman–Crippen LogP) is 1.30. The first kappa shape index (κ1) is 20.8. The van der Waals surface area contributed by atoms with Crippen molar-refractivity contribution >= 4 is 28.3 Å². The van der Waals surface area contributed by atoms with E-state index in [0.29, 0.717) is 6.54 Å². The number of sulfonamides is 1. The Balaban J connectivity index is 0.00000288. The highest BCUT2D eigenvalue weighted by Crippen LogP contribution is 2.28. The number of rotatable bonds is 7. The van der Waals surface area contributed by atoms with Crippen LogP contribution in [-0.4, -0.2) is 33.0 Å². The lowest BCUT2D eigenvalue weighted by molar-refractivity contribution is -0.122. The molecular formula is C15H23ClFN3O3S. The fraction of sp³-hybridized carbons (Fsp3) is 0.533. The molecule has 0 bridgehead atoms. The van der Waals surface area contributed by atoms with Gasteiger partial charge in [0, 0.05) is 19.5 Å². The van der Waals surface area contributed by atoms with Crippen molar-refractivity contribution in [3.63, 3.8) is 0 Å². The van der Waals surface area contributed by atoms with Gasteiger partial charge in [0.05, 0.1) is 10.4 Å². The third kappa shape index (κ3) is 5.41. The van der Waals surface area contributed by atoms with Gasteiger partial charge in [-0.2, -0.15) is 0 Å². The Morgan fingerprint density at radius 1 is 1.21 bits per heavy atom. The van der Waals surface area contributed by atoms with Crippen molar-refractivity contribution in [1.82, 2.24) is 10.0 Å². The fourth-order valence-corrected chi connectivity index (χ4v) is 3.82. The molecule has 0 atom stereocenters. The highest BCUT2D eigenvalue weighted by atomic mass is 35.5. The molecular weight excluding hydrogens is 357 g/mol. The number of nitrogens with two attached hydrogens (primary N) is 1. The molecule has 136 valence electrons. The molecule has 1 aromatic rings. The summed E-state index contributed by atoms with van der Waals surface area (Å²) in [5.41, 5.74) is 5.41. The van der Waals surface area contributed by atoms with Crippen LogP contribution in [0.15, 0.2) is 29.2 Å². The van der Waals surface area contributed by atoms with Crippen LogP contribution in [0.5, 0.6) is 0 Å². The molecule has 1 aliphatic carbocycles. The van der Waals surface area contributed by atoms with Crippen LogP contribution in [0.2, 0.25) is 0 Å². The first-order chi connectivity index (χ1) is 10.9. The maximum Gasteiger partial charge on any atom is 0.240 e. The minimum Gasteiger partial charge on any atom is -0.349 e. The maximum atomic E-state index is 12.8. The van der Waals surface area contributed by atoms with Gasteiger partial charge in [-0.25, -0.2) is 17.5 Å². The Morgan fingerprint density at radius 3 is 2.33 bits per heavy atom. The van der Waals surface area contributed by atoms with Gasteiger partial charge in [0.1, 0.15) is 5.82 Å². The van der Waals surface area contributed by atoms with Gasteiger partial charge in [0.2, 0.25) is 15.9 Å². The summed E-state index contributed by atoms with van der Waals surface area (Å²) in [6.45, 7) is 0.367. The monoisotopic (exact) mass is 379 g/mol. The minimum atomic E-state index is -3.74. The zero-order valence-corrected chi connectivity index (χ0v) is 14.9. The standard InChI is InChI=1S/C15H22FN3O3S.ClH/c16-12-3-5-13(6-4-12)23(21,22)18-10-7-14(20)19-15(11-17)8-1-2-9-15;/h3-6,18H,1-2,7-11,17H2,(H,19,20);1H. The van der Waals surface area contributed by atoms with Crippen molar-refractivity contribution in [1.29, 1.82) is 0 Å². The number of amides is 1. The van der Waals surface area contributed by atoms with Crippen LogP contribution in [0.1, 0.15) is 32.1 Å². The van der Waals surface area contributed by atoms with Crippen LogP contribution in [-0.2, 0) is 14.8 Å². The van der Waals surface area contributed by atoms with Crippen molar-refractivity contribution in [3.8, 4) is 0 Å². The molecule has 0 unspecified atom stereocenters. The number of nitrogens with one attached hydrogen (secondary N) is 2. The average Bonchev–Trinajstić information content (AvgIpc) is 2.96. The molecule has 0 heterocycles. The van der Waals surface area contributed by atoms with Gasteiger partial charge in [-0.15, -0.1) is 12.4 Å². The summed E-state index contributed by atoms with van der Waals surface area (Å²) in [5.74, 6) is -0.730. The van der Waals surface area contributed by atoms with Crippen LogP contribution in [0, 0.1) is 5.82 Å². The van der Waals surface area contributed by atoms with Gasteiger partial charge in [-0.05, 0) is 37.1 Å². The summed E-state index contributed by atoms with van der Waals surface area (Å²) >= 11 is 0. The summed E-state index contributed by atoms with van der Waals surface area (Å²) in [6.07, 6.45) is 3.82. The van der Waals surface area contributed by atoms with Gasteiger partial charge < -0.3 is 11.1 Å². The molecule has 1 aliphatic rings. The number of carbonyl (C=O) groups excluding carboxylic acids is 1. The van der Waals surface area contributed by atoms with E-state index in [1.807, 2.05) is 0 Å². The Labute approximate surface area is 147 Å². The van der Waals surface area contributed by atoms with Crippen LogP contribution in [0.3, 0.4) is 0 Å². The molecule has 0 saturated heterocycles. The smallest absolute Gasteiger partial charge is 0.240 e. The highest BCUT2D eigenvalue weighted by molar-refractivity contribution is 7.89. The molecule has 6 nitrogen and oxygen atoms in total. The zero-order valence-electron chi connectivity index (χ0n) is 13.3. The van der Waals surface area contributed by atoms with Crippen LogP contribution >= 0.6 is 12.4 Å². The van der Waals surface area contributed by atoms with E-state index in [4.69, 9.17) is 5.73 Å². The van der Waals surface area contributed by atoms with E-state index in [9.17, 15) is 17.6 Å². The Morgan fingerprint density at radius 2 is 1.79 bits per heavy atom. The van der Waals surface area contributed by atoms with Crippen LogP contribution in [0.25, 0.3) is 0 Å². The van der Waals surface area contributed by atoms with Crippen molar-refractivity contribution < 1.29 is 17.6 Å². The normalized spacial score (nSPS) is 16.4. The van der Waals surface area contributed by atoms with Crippen molar-refractivity contribution in [2.75, 3.05) is 13.1 Å². The molecule has 4 N–H and O–H groups in total. The zero-order chi connectivity index (χ0) is 16.9. The van der Waals surface area contributed by atoms with Gasteiger partial charge in [-0.3, -0.25) is 4.79 Å². The molecule has 1 saturated carbocycles.